The summed E-state index contributed by atoms with van der Waals surface area (Å²) in [5.41, 5.74) is 2.98. The summed E-state index contributed by atoms with van der Waals surface area (Å²) in [6.07, 6.45) is 0. The van der Waals surface area contributed by atoms with Crippen LogP contribution in [0.4, 0.5) is 6.01 Å². The van der Waals surface area contributed by atoms with Gasteiger partial charge in [0.25, 0.3) is 6.01 Å². The van der Waals surface area contributed by atoms with Crippen molar-refractivity contribution in [1.29, 1.82) is 0 Å². The van der Waals surface area contributed by atoms with E-state index in [1.54, 1.807) is 0 Å². The number of nitrogens with zero attached hydrogens (tertiary/aromatic N) is 2. The zero-order valence-corrected chi connectivity index (χ0v) is 13.5. The summed E-state index contributed by atoms with van der Waals surface area (Å²) in [6.45, 7) is 4.19. The molecule has 1 aliphatic heterocycles. The SMILES string of the molecule is c1ccc(C(CNc2nc3ccccc3o2)N2CCOCC2)cc1. The summed E-state index contributed by atoms with van der Waals surface area (Å²) >= 11 is 0. The lowest BCUT2D eigenvalue weighted by Gasteiger charge is -2.34. The maximum atomic E-state index is 5.78. The first kappa shape index (κ1) is 15.2. The van der Waals surface area contributed by atoms with E-state index in [0.717, 1.165) is 43.9 Å². The summed E-state index contributed by atoms with van der Waals surface area (Å²) in [7, 11) is 0. The van der Waals surface area contributed by atoms with Gasteiger partial charge < -0.3 is 14.5 Å². The normalized spacial score (nSPS) is 17.0. The fourth-order valence-electron chi connectivity index (χ4n) is 3.15. The predicted molar refractivity (Wildman–Crippen MR) is 94.1 cm³/mol. The van der Waals surface area contributed by atoms with Gasteiger partial charge in [-0.05, 0) is 17.7 Å². The van der Waals surface area contributed by atoms with E-state index >= 15 is 0 Å². The molecule has 4 rings (SSSR count). The smallest absolute Gasteiger partial charge is 0.295 e. The van der Waals surface area contributed by atoms with Crippen LogP contribution >= 0.6 is 0 Å². The number of nitrogens with one attached hydrogen (secondary N) is 1. The number of rotatable bonds is 5. The van der Waals surface area contributed by atoms with Crippen molar-refractivity contribution in [3.05, 3.63) is 60.2 Å². The molecule has 0 radical (unpaired) electrons. The monoisotopic (exact) mass is 323 g/mol. The molecule has 0 amide bonds. The molecule has 0 aliphatic carbocycles. The molecule has 1 fully saturated rings. The molecule has 24 heavy (non-hydrogen) atoms. The highest BCUT2D eigenvalue weighted by Gasteiger charge is 2.23. The van der Waals surface area contributed by atoms with E-state index in [1.165, 1.54) is 5.56 Å². The summed E-state index contributed by atoms with van der Waals surface area (Å²) in [4.78, 5) is 6.96. The Kier molecular flexibility index (Phi) is 4.44. The second-order valence-electron chi connectivity index (χ2n) is 5.94. The lowest BCUT2D eigenvalue weighted by molar-refractivity contribution is 0.0186. The third kappa shape index (κ3) is 3.27. The first-order chi connectivity index (χ1) is 11.9. The van der Waals surface area contributed by atoms with Crippen LogP contribution in [0.15, 0.2) is 59.0 Å². The predicted octanol–water partition coefficient (Wildman–Crippen LogP) is 3.31. The number of oxazole rings is 1. The highest BCUT2D eigenvalue weighted by molar-refractivity contribution is 5.74. The summed E-state index contributed by atoms with van der Waals surface area (Å²) in [5.74, 6) is 0. The van der Waals surface area contributed by atoms with Crippen molar-refractivity contribution in [3.8, 4) is 0 Å². The molecule has 124 valence electrons. The highest BCUT2D eigenvalue weighted by Crippen LogP contribution is 2.24. The third-order valence-corrected chi connectivity index (χ3v) is 4.41. The second kappa shape index (κ2) is 7.03. The van der Waals surface area contributed by atoms with Crippen LogP contribution in [0.5, 0.6) is 0 Å². The van der Waals surface area contributed by atoms with Crippen LogP contribution in [0.2, 0.25) is 0 Å². The van der Waals surface area contributed by atoms with Crippen LogP contribution in [-0.4, -0.2) is 42.7 Å². The third-order valence-electron chi connectivity index (χ3n) is 4.41. The zero-order valence-electron chi connectivity index (χ0n) is 13.5. The van der Waals surface area contributed by atoms with Gasteiger partial charge in [-0.1, -0.05) is 42.5 Å². The molecule has 0 spiro atoms. The quantitative estimate of drug-likeness (QED) is 0.780. The summed E-state index contributed by atoms with van der Waals surface area (Å²) in [5, 5.41) is 3.37. The van der Waals surface area contributed by atoms with E-state index in [0.29, 0.717) is 6.01 Å². The van der Waals surface area contributed by atoms with E-state index in [9.17, 15) is 0 Å². The molecule has 1 unspecified atom stereocenters. The average molecular weight is 323 g/mol. The Hall–Kier alpha value is -2.37. The van der Waals surface area contributed by atoms with Gasteiger partial charge in [-0.2, -0.15) is 4.98 Å². The minimum Gasteiger partial charge on any atom is -0.424 e. The minimum absolute atomic E-state index is 0.269. The van der Waals surface area contributed by atoms with E-state index in [1.807, 2.05) is 30.3 Å². The molecule has 5 nitrogen and oxygen atoms in total. The fraction of sp³-hybridized carbons (Fsp3) is 0.316. The van der Waals surface area contributed by atoms with E-state index in [4.69, 9.17) is 9.15 Å². The van der Waals surface area contributed by atoms with Crippen LogP contribution < -0.4 is 5.32 Å². The van der Waals surface area contributed by atoms with Gasteiger partial charge in [0.2, 0.25) is 0 Å². The number of aromatic nitrogens is 1. The first-order valence-corrected chi connectivity index (χ1v) is 8.36. The standard InChI is InChI=1S/C19H21N3O2/c1-2-6-15(7-3-1)17(22-10-12-23-13-11-22)14-20-19-21-16-8-4-5-9-18(16)24-19/h1-9,17H,10-14H2,(H,20,21). The Bertz CT molecular complexity index is 748. The van der Waals surface area contributed by atoms with Crippen LogP contribution in [0, 0.1) is 0 Å². The minimum atomic E-state index is 0.269. The molecule has 1 saturated heterocycles. The number of para-hydroxylation sites is 2. The topological polar surface area (TPSA) is 50.5 Å². The molecule has 5 heteroatoms. The van der Waals surface area contributed by atoms with Crippen LogP contribution in [0.3, 0.4) is 0 Å². The number of morpholine rings is 1. The first-order valence-electron chi connectivity index (χ1n) is 8.36. The van der Waals surface area contributed by atoms with Crippen LogP contribution in [-0.2, 0) is 4.74 Å². The Balaban J connectivity index is 1.52. The van der Waals surface area contributed by atoms with Gasteiger partial charge in [0.05, 0.1) is 19.3 Å². The zero-order chi connectivity index (χ0) is 16.2. The average Bonchev–Trinajstić information content (AvgIpc) is 3.07. The van der Waals surface area contributed by atoms with Gasteiger partial charge in [-0.15, -0.1) is 0 Å². The molecule has 1 atom stereocenters. The van der Waals surface area contributed by atoms with E-state index in [-0.39, 0.29) is 6.04 Å². The molecule has 2 aromatic carbocycles. The second-order valence-corrected chi connectivity index (χ2v) is 5.94. The molecule has 1 N–H and O–H groups in total. The van der Waals surface area contributed by atoms with Gasteiger partial charge in [-0.3, -0.25) is 4.90 Å². The van der Waals surface area contributed by atoms with Crippen molar-refractivity contribution < 1.29 is 9.15 Å². The van der Waals surface area contributed by atoms with E-state index in [2.05, 4.69) is 39.5 Å². The van der Waals surface area contributed by atoms with Gasteiger partial charge in [0.1, 0.15) is 5.52 Å². The summed E-state index contributed by atoms with van der Waals surface area (Å²) < 4.78 is 11.3. The number of ether oxygens (including phenoxy) is 1. The van der Waals surface area contributed by atoms with Crippen LogP contribution in [0.25, 0.3) is 11.1 Å². The van der Waals surface area contributed by atoms with Crippen molar-refractivity contribution in [2.45, 2.75) is 6.04 Å². The van der Waals surface area contributed by atoms with Crippen molar-refractivity contribution in [1.82, 2.24) is 9.88 Å². The van der Waals surface area contributed by atoms with Gasteiger partial charge >= 0.3 is 0 Å². The Labute approximate surface area is 141 Å². The number of hydrogen-bond acceptors (Lipinski definition) is 5. The van der Waals surface area contributed by atoms with Gasteiger partial charge in [0.15, 0.2) is 5.58 Å². The lowest BCUT2D eigenvalue weighted by Crippen LogP contribution is -2.41. The maximum absolute atomic E-state index is 5.78. The molecule has 0 bridgehead atoms. The Morgan fingerprint density at radius 3 is 2.54 bits per heavy atom. The lowest BCUT2D eigenvalue weighted by atomic mass is 10.0. The van der Waals surface area contributed by atoms with E-state index < -0.39 is 0 Å². The number of hydrogen-bond donors (Lipinski definition) is 1. The highest BCUT2D eigenvalue weighted by atomic mass is 16.5. The maximum Gasteiger partial charge on any atom is 0.295 e. The molecular weight excluding hydrogens is 302 g/mol. The fourth-order valence-corrected chi connectivity index (χ4v) is 3.15. The van der Waals surface area contributed by atoms with Crippen molar-refractivity contribution in [2.24, 2.45) is 0 Å². The molecule has 2 heterocycles. The largest absolute Gasteiger partial charge is 0.424 e. The van der Waals surface area contributed by atoms with Crippen molar-refractivity contribution in [2.75, 3.05) is 38.2 Å². The van der Waals surface area contributed by atoms with Crippen LogP contribution in [0.1, 0.15) is 11.6 Å². The number of benzene rings is 2. The van der Waals surface area contributed by atoms with Gasteiger partial charge in [0, 0.05) is 19.6 Å². The number of anilines is 1. The molecule has 3 aromatic rings. The Morgan fingerprint density at radius 1 is 1.00 bits per heavy atom. The molecule has 1 aliphatic rings. The van der Waals surface area contributed by atoms with Crippen molar-refractivity contribution >= 4 is 17.1 Å². The number of fused-ring (bicyclic) bond motifs is 1. The van der Waals surface area contributed by atoms with Gasteiger partial charge in [-0.25, -0.2) is 0 Å². The Morgan fingerprint density at radius 2 is 1.75 bits per heavy atom. The molecule has 1 aromatic heterocycles. The van der Waals surface area contributed by atoms with Crippen molar-refractivity contribution in [3.63, 3.8) is 0 Å². The molecular formula is C19H21N3O2. The molecule has 0 saturated carbocycles. The summed E-state index contributed by atoms with van der Waals surface area (Å²) in [6, 6.07) is 19.2.